The average Bonchev–Trinajstić information content (AvgIpc) is 3.44. The van der Waals surface area contributed by atoms with Gasteiger partial charge >= 0.3 is 0 Å². The number of piperazine rings is 1. The number of thiophene rings is 1. The summed E-state index contributed by atoms with van der Waals surface area (Å²) in [7, 11) is 0. The third-order valence-electron chi connectivity index (χ3n) is 5.64. The van der Waals surface area contributed by atoms with E-state index in [4.69, 9.17) is 4.98 Å². The molecule has 29 heavy (non-hydrogen) atoms. The second-order valence-corrected chi connectivity index (χ2v) is 9.75. The number of thiazole rings is 1. The van der Waals surface area contributed by atoms with Crippen molar-refractivity contribution in [3.05, 3.63) is 40.8 Å². The second-order valence-electron chi connectivity index (χ2n) is 7.71. The van der Waals surface area contributed by atoms with Crippen molar-refractivity contribution in [1.82, 2.24) is 14.8 Å². The molecule has 2 fully saturated rings. The van der Waals surface area contributed by atoms with E-state index >= 15 is 0 Å². The van der Waals surface area contributed by atoms with Gasteiger partial charge in [0.1, 0.15) is 10.6 Å². The quantitative estimate of drug-likeness (QED) is 0.688. The zero-order valence-electron chi connectivity index (χ0n) is 16.2. The number of fused-ring (bicyclic) bond motifs is 1. The SMILES string of the molecule is O=C(c1cc2sc(N3CCCC3)nc2s1)N1CCN(Cc2cccc(O)c2)CC1. The third kappa shape index (κ3) is 3.97. The van der Waals surface area contributed by atoms with Crippen LogP contribution in [0.5, 0.6) is 5.75 Å². The van der Waals surface area contributed by atoms with Crippen LogP contribution in [0.25, 0.3) is 9.53 Å². The van der Waals surface area contributed by atoms with Gasteiger partial charge in [-0.25, -0.2) is 4.98 Å². The number of amides is 1. The summed E-state index contributed by atoms with van der Waals surface area (Å²) in [6.45, 7) is 6.15. The number of nitrogens with zero attached hydrogens (tertiary/aromatic N) is 4. The number of rotatable bonds is 4. The lowest BCUT2D eigenvalue weighted by molar-refractivity contribution is 0.0633. The highest BCUT2D eigenvalue weighted by atomic mass is 32.1. The summed E-state index contributed by atoms with van der Waals surface area (Å²) in [4.78, 5) is 26.2. The number of hydrogen-bond donors (Lipinski definition) is 1. The molecule has 8 heteroatoms. The van der Waals surface area contributed by atoms with Crippen LogP contribution in [0.2, 0.25) is 0 Å². The lowest BCUT2D eigenvalue weighted by Gasteiger charge is -2.34. The molecule has 6 nitrogen and oxygen atoms in total. The molecular weight excluding hydrogens is 404 g/mol. The molecule has 2 aliphatic heterocycles. The summed E-state index contributed by atoms with van der Waals surface area (Å²) in [6, 6.07) is 9.42. The minimum atomic E-state index is 0.125. The van der Waals surface area contributed by atoms with Crippen molar-refractivity contribution in [2.24, 2.45) is 0 Å². The van der Waals surface area contributed by atoms with Gasteiger partial charge in [-0.05, 0) is 36.6 Å². The van der Waals surface area contributed by atoms with Gasteiger partial charge in [0.25, 0.3) is 5.91 Å². The molecule has 1 N–H and O–H groups in total. The second kappa shape index (κ2) is 7.93. The van der Waals surface area contributed by atoms with Gasteiger partial charge in [0.2, 0.25) is 0 Å². The molecule has 0 saturated carbocycles. The Morgan fingerprint density at radius 3 is 2.55 bits per heavy atom. The average molecular weight is 429 g/mol. The number of phenolic OH excluding ortho intramolecular Hbond substituents is 1. The van der Waals surface area contributed by atoms with E-state index in [1.54, 1.807) is 23.5 Å². The van der Waals surface area contributed by atoms with Crippen LogP contribution in [-0.4, -0.2) is 65.1 Å². The Labute approximate surface area is 178 Å². The molecular formula is C21H24N4O2S2. The van der Waals surface area contributed by atoms with Crippen LogP contribution < -0.4 is 4.90 Å². The zero-order chi connectivity index (χ0) is 19.8. The molecule has 2 aromatic heterocycles. The molecule has 2 saturated heterocycles. The van der Waals surface area contributed by atoms with Crippen molar-refractivity contribution in [3.63, 3.8) is 0 Å². The minimum Gasteiger partial charge on any atom is -0.508 e. The molecule has 4 heterocycles. The van der Waals surface area contributed by atoms with Crippen LogP contribution in [0.4, 0.5) is 5.13 Å². The fourth-order valence-corrected chi connectivity index (χ4v) is 6.28. The molecule has 152 valence electrons. The highest BCUT2D eigenvalue weighted by molar-refractivity contribution is 7.29. The van der Waals surface area contributed by atoms with Crippen molar-refractivity contribution in [1.29, 1.82) is 0 Å². The zero-order valence-corrected chi connectivity index (χ0v) is 17.8. The van der Waals surface area contributed by atoms with Crippen molar-refractivity contribution < 1.29 is 9.90 Å². The van der Waals surface area contributed by atoms with Crippen molar-refractivity contribution >= 4 is 43.2 Å². The van der Waals surface area contributed by atoms with Crippen LogP contribution >= 0.6 is 22.7 Å². The van der Waals surface area contributed by atoms with E-state index < -0.39 is 0 Å². The summed E-state index contributed by atoms with van der Waals surface area (Å²) in [5, 5.41) is 10.7. The number of aromatic hydroxyl groups is 1. The van der Waals surface area contributed by atoms with Gasteiger partial charge in [0.05, 0.1) is 9.58 Å². The Morgan fingerprint density at radius 1 is 1.03 bits per heavy atom. The van der Waals surface area contributed by atoms with Gasteiger partial charge in [-0.1, -0.05) is 23.5 Å². The highest BCUT2D eigenvalue weighted by Gasteiger charge is 2.25. The number of anilines is 1. The molecule has 0 bridgehead atoms. The van der Waals surface area contributed by atoms with Crippen LogP contribution in [-0.2, 0) is 6.54 Å². The lowest BCUT2D eigenvalue weighted by atomic mass is 10.2. The van der Waals surface area contributed by atoms with Crippen LogP contribution in [0.15, 0.2) is 30.3 Å². The molecule has 0 spiro atoms. The maximum Gasteiger partial charge on any atom is 0.264 e. The van der Waals surface area contributed by atoms with Crippen molar-refractivity contribution in [3.8, 4) is 5.75 Å². The van der Waals surface area contributed by atoms with Gasteiger partial charge in [-0.15, -0.1) is 11.3 Å². The number of carbonyl (C=O) groups excluding carboxylic acids is 1. The first kappa shape index (κ1) is 18.8. The molecule has 3 aromatic rings. The third-order valence-corrected chi connectivity index (χ3v) is 7.85. The number of benzene rings is 1. The first-order valence-electron chi connectivity index (χ1n) is 10.1. The standard InChI is InChI=1S/C21H24N4O2S2/c26-16-5-3-4-15(12-16)14-23-8-10-24(11-9-23)20(27)18-13-17-19(28-18)22-21(29-17)25-6-1-2-7-25/h3-5,12-13,26H,1-2,6-11,14H2. The first-order chi connectivity index (χ1) is 14.2. The van der Waals surface area contributed by atoms with E-state index in [2.05, 4.69) is 9.80 Å². The summed E-state index contributed by atoms with van der Waals surface area (Å²) < 4.78 is 1.13. The normalized spacial score (nSPS) is 18.1. The molecule has 1 aromatic carbocycles. The van der Waals surface area contributed by atoms with Gasteiger partial charge < -0.3 is 14.9 Å². The number of carbonyl (C=O) groups is 1. The maximum atomic E-state index is 13.0. The number of hydrogen-bond acceptors (Lipinski definition) is 7. The molecule has 0 aliphatic carbocycles. The fraction of sp³-hybridized carbons (Fsp3) is 0.429. The van der Waals surface area contributed by atoms with Crippen LogP contribution in [0.3, 0.4) is 0 Å². The Bertz CT molecular complexity index is 985. The Morgan fingerprint density at radius 2 is 1.83 bits per heavy atom. The number of aromatic nitrogens is 1. The minimum absolute atomic E-state index is 0.125. The topological polar surface area (TPSA) is 59.9 Å². The molecule has 0 radical (unpaired) electrons. The van der Waals surface area contributed by atoms with E-state index in [0.29, 0.717) is 5.75 Å². The number of phenols is 1. The molecule has 0 atom stereocenters. The van der Waals surface area contributed by atoms with E-state index in [1.807, 2.05) is 23.1 Å². The van der Waals surface area contributed by atoms with Crippen molar-refractivity contribution in [2.75, 3.05) is 44.2 Å². The van der Waals surface area contributed by atoms with E-state index in [0.717, 1.165) is 70.9 Å². The predicted molar refractivity (Wildman–Crippen MR) is 118 cm³/mol. The monoisotopic (exact) mass is 428 g/mol. The summed E-state index contributed by atoms with van der Waals surface area (Å²) in [6.07, 6.45) is 2.49. The maximum absolute atomic E-state index is 13.0. The molecule has 5 rings (SSSR count). The van der Waals surface area contributed by atoms with Crippen LogP contribution in [0.1, 0.15) is 28.1 Å². The molecule has 1 amide bonds. The summed E-state index contributed by atoms with van der Waals surface area (Å²) in [5.41, 5.74) is 1.10. The van der Waals surface area contributed by atoms with Crippen molar-refractivity contribution in [2.45, 2.75) is 19.4 Å². The van der Waals surface area contributed by atoms with E-state index in [9.17, 15) is 9.90 Å². The summed E-state index contributed by atoms with van der Waals surface area (Å²) in [5.74, 6) is 0.426. The highest BCUT2D eigenvalue weighted by Crippen LogP contribution is 2.36. The van der Waals surface area contributed by atoms with Gasteiger partial charge in [0.15, 0.2) is 5.13 Å². The largest absolute Gasteiger partial charge is 0.508 e. The first-order valence-corrected chi connectivity index (χ1v) is 11.7. The lowest BCUT2D eigenvalue weighted by Crippen LogP contribution is -2.48. The van der Waals surface area contributed by atoms with Gasteiger partial charge in [-0.3, -0.25) is 9.69 Å². The van der Waals surface area contributed by atoms with E-state index in [-0.39, 0.29) is 5.91 Å². The predicted octanol–water partition coefficient (Wildman–Crippen LogP) is 3.62. The Hall–Kier alpha value is -2.16. The van der Waals surface area contributed by atoms with Gasteiger partial charge in [-0.2, -0.15) is 0 Å². The molecule has 0 unspecified atom stereocenters. The molecule has 2 aliphatic rings. The smallest absolute Gasteiger partial charge is 0.264 e. The summed E-state index contributed by atoms with van der Waals surface area (Å²) >= 11 is 3.23. The van der Waals surface area contributed by atoms with Crippen LogP contribution in [0, 0.1) is 0 Å². The van der Waals surface area contributed by atoms with Gasteiger partial charge in [0, 0.05) is 45.8 Å². The Kier molecular flexibility index (Phi) is 5.15. The fourth-order valence-electron chi connectivity index (χ4n) is 4.05. The Balaban J connectivity index is 1.20. The van der Waals surface area contributed by atoms with E-state index in [1.165, 1.54) is 24.2 Å².